The number of hydrogen-bond acceptors (Lipinski definition) is 11. The molecule has 0 aliphatic carbocycles. The van der Waals surface area contributed by atoms with Crippen LogP contribution in [0.25, 0.3) is 22.1 Å². The molecule has 2 aliphatic heterocycles. The Morgan fingerprint density at radius 2 is 1.54 bits per heavy atom. The van der Waals surface area contributed by atoms with Crippen LogP contribution in [0, 0.1) is 13.8 Å². The molecule has 8 bridgehead atoms. The molecule has 65 heavy (non-hydrogen) atoms. The number of allylic oxidation sites excluding steroid dienone is 1. The van der Waals surface area contributed by atoms with Gasteiger partial charge in [-0.05, 0) is 71.2 Å². The minimum absolute atomic E-state index is 0. The number of amides is 1. The van der Waals surface area contributed by atoms with Gasteiger partial charge in [-0.15, -0.1) is 28.6 Å². The Morgan fingerprint density at radius 1 is 0.908 bits per heavy atom. The van der Waals surface area contributed by atoms with E-state index in [1.165, 1.54) is 7.11 Å². The second-order valence-corrected chi connectivity index (χ2v) is 16.4. The number of aliphatic hydroxyl groups excluding tert-OH is 2. The number of nitrogens with one attached hydrogen (secondary N) is 3. The quantitative estimate of drug-likeness (QED) is 0.0258. The molecule has 0 fully saturated rings. The minimum atomic E-state index is -0.606. The van der Waals surface area contributed by atoms with Crippen molar-refractivity contribution in [1.29, 1.82) is 0 Å². The van der Waals surface area contributed by atoms with Crippen molar-refractivity contribution < 1.29 is 49.8 Å². The van der Waals surface area contributed by atoms with Crippen LogP contribution in [0.1, 0.15) is 151 Å². The van der Waals surface area contributed by atoms with E-state index < -0.39 is 12.1 Å². The van der Waals surface area contributed by atoms with Gasteiger partial charge in [-0.3, -0.25) is 24.4 Å². The van der Waals surface area contributed by atoms with E-state index in [-0.39, 0.29) is 68.8 Å². The van der Waals surface area contributed by atoms with Crippen LogP contribution in [0.15, 0.2) is 55.3 Å². The van der Waals surface area contributed by atoms with Crippen LogP contribution >= 0.6 is 0 Å². The van der Waals surface area contributed by atoms with Crippen molar-refractivity contribution in [2.24, 2.45) is 0 Å². The molecule has 0 saturated heterocycles. The van der Waals surface area contributed by atoms with Crippen LogP contribution in [0.3, 0.4) is 0 Å². The summed E-state index contributed by atoms with van der Waals surface area (Å²) in [6.07, 6.45) is 6.42. The zero-order chi connectivity index (χ0) is 47.1. The molecule has 1 unspecified atom stereocenters. The standard InChI is InChI=1S/C42H51N7O4.C4H11NO2.C4H8.Pd/c1-9-28-24(4)31-21-35-38(27(7)50)25(5)32(47-35)19-30-22(2)23(3)40(48-30)29(18-37(51)53-8)41-39(26(6)33(49-41)20-34(28)46-31)42(52)45-17-13-12-16-44-36-14-10-11-15-43-36;1-5-2-4(7)3-6;1-3-4-2;/h10-11,14-15,19-24,28H,9,12-13,16-18H2,1-8H3,(H4,43,44,45,46,47,48,49,50,52);4-7H,2-3H2,1H3;3H,1,4H2,2H3;/q;;;+2/p-2/t22-,23-,24+,28+;;;/m0.../s1. The fourth-order valence-electron chi connectivity index (χ4n) is 7.94. The number of anilines is 1. The summed E-state index contributed by atoms with van der Waals surface area (Å²) in [6, 6.07) is 11.6. The number of aliphatic hydroxyl groups is 2. The molecule has 5 N–H and O–H groups in total. The Hall–Kier alpha value is -5.04. The average Bonchev–Trinajstić information content (AvgIpc) is 3.97. The van der Waals surface area contributed by atoms with Gasteiger partial charge in [0.1, 0.15) is 5.82 Å². The molecular weight excluding hydrogens is 915 g/mol. The summed E-state index contributed by atoms with van der Waals surface area (Å²) in [7, 11) is 3.08. The van der Waals surface area contributed by atoms with Crippen LogP contribution in [0.4, 0.5) is 5.82 Å². The van der Waals surface area contributed by atoms with E-state index in [1.54, 1.807) is 20.2 Å². The van der Waals surface area contributed by atoms with Crippen molar-refractivity contribution >= 4 is 45.5 Å². The zero-order valence-corrected chi connectivity index (χ0v) is 41.2. The van der Waals surface area contributed by atoms with Crippen LogP contribution in [-0.4, -0.2) is 89.3 Å². The number of aromatic nitrogens is 5. The van der Waals surface area contributed by atoms with Crippen LogP contribution < -0.4 is 25.9 Å². The summed E-state index contributed by atoms with van der Waals surface area (Å²) in [6.45, 7) is 20.8. The number of carbonyl (C=O) groups is 3. The molecule has 0 aromatic carbocycles. The van der Waals surface area contributed by atoms with Gasteiger partial charge in [-0.1, -0.05) is 76.1 Å². The predicted molar refractivity (Wildman–Crippen MR) is 254 cm³/mol. The molecule has 2 aliphatic rings. The number of Topliss-reactive ketones (excluding diaryl/α,β-unsaturated/α-hetero) is 1. The third-order valence-electron chi connectivity index (χ3n) is 11.9. The molecule has 0 saturated carbocycles. The van der Waals surface area contributed by atoms with Crippen molar-refractivity contribution in [3.63, 3.8) is 0 Å². The van der Waals surface area contributed by atoms with E-state index in [2.05, 4.69) is 62.1 Å². The topological polar surface area (TPSA) is 204 Å². The number of rotatable bonds is 15. The number of nitrogens with zero attached hydrogens (tertiary/aromatic N) is 5. The first-order valence-electron chi connectivity index (χ1n) is 22.4. The Kier molecular flexibility index (Phi) is 21.9. The fourth-order valence-corrected chi connectivity index (χ4v) is 7.94. The number of pyridine rings is 1. The van der Waals surface area contributed by atoms with Crippen molar-refractivity contribution in [3.8, 4) is 0 Å². The second-order valence-electron chi connectivity index (χ2n) is 16.4. The Morgan fingerprint density at radius 3 is 2.12 bits per heavy atom. The van der Waals surface area contributed by atoms with E-state index >= 15 is 0 Å². The van der Waals surface area contributed by atoms with Gasteiger partial charge in [0.25, 0.3) is 0 Å². The number of hydrogen-bond donors (Lipinski definition) is 5. The maximum atomic E-state index is 14.2. The number of likely N-dealkylation sites (N-methyl/N-ethyl adjacent to an activating group) is 1. The van der Waals surface area contributed by atoms with E-state index in [4.69, 9.17) is 34.9 Å². The Labute approximate surface area is 398 Å². The smallest absolute Gasteiger partial charge is 0.657 e. The van der Waals surface area contributed by atoms with E-state index in [1.807, 2.05) is 56.3 Å². The average molecular weight is 984 g/mol. The van der Waals surface area contributed by atoms with Gasteiger partial charge in [0.15, 0.2) is 5.78 Å². The van der Waals surface area contributed by atoms with Gasteiger partial charge in [-0.25, -0.2) is 4.98 Å². The van der Waals surface area contributed by atoms with Gasteiger partial charge in [0, 0.05) is 83.4 Å². The molecule has 354 valence electrons. The molecule has 0 spiro atoms. The van der Waals surface area contributed by atoms with Gasteiger partial charge < -0.3 is 40.9 Å². The molecule has 15 heteroatoms. The summed E-state index contributed by atoms with van der Waals surface area (Å²) in [5.41, 5.74) is 8.54. The molecule has 4 aromatic rings. The van der Waals surface area contributed by atoms with Crippen molar-refractivity contribution in [3.05, 3.63) is 106 Å². The number of aryl methyl sites for hydroxylation is 2. The SMILES string of the molecule is C=CCC.CC[C@H]1c2cc3[n-]c(c(CC(=O)OC)c4nc(cc5[n-]c(cc(n2)[C@@H]1C)c(C(C)=O)c5C)[C@@H](C)[C@@H]4C)c(C(=O)NCCCCNc1ccccn1)c3C.CNCC(O)CO.[Pd+2]. The number of esters is 1. The summed E-state index contributed by atoms with van der Waals surface area (Å²) < 4.78 is 5.18. The van der Waals surface area contributed by atoms with Crippen LogP contribution in [0.2, 0.25) is 0 Å². The Balaban J connectivity index is 0.000000835. The number of unbranched alkanes of at least 4 members (excludes halogenated alkanes) is 1. The van der Waals surface area contributed by atoms with E-state index in [0.29, 0.717) is 63.1 Å². The first-order valence-corrected chi connectivity index (χ1v) is 22.4. The normalized spacial score (nSPS) is 16.7. The number of fused-ring (bicyclic) bond motifs is 8. The van der Waals surface area contributed by atoms with Gasteiger partial charge in [0.05, 0.1) is 26.2 Å². The van der Waals surface area contributed by atoms with Gasteiger partial charge in [-0.2, -0.15) is 0 Å². The zero-order valence-electron chi connectivity index (χ0n) is 39.7. The molecule has 0 radical (unpaired) electrons. The molecule has 6 heterocycles. The van der Waals surface area contributed by atoms with Crippen molar-refractivity contribution in [2.45, 2.75) is 117 Å². The molecule has 5 atom stereocenters. The molecule has 4 aromatic heterocycles. The second kappa shape index (κ2) is 26.2. The molecule has 14 nitrogen and oxygen atoms in total. The number of carbonyl (C=O) groups excluding carboxylic acids is 3. The monoisotopic (exact) mass is 982 g/mol. The maximum Gasteiger partial charge on any atom is 2.00 e. The third-order valence-corrected chi connectivity index (χ3v) is 11.9. The maximum absolute atomic E-state index is 14.2. The fraction of sp³-hybridized carbons (Fsp3) is 0.480. The first kappa shape index (κ1) is 54.3. The van der Waals surface area contributed by atoms with Gasteiger partial charge >= 0.3 is 26.4 Å². The first-order chi connectivity index (χ1) is 30.6. The molecule has 1 amide bonds. The predicted octanol–water partition coefficient (Wildman–Crippen LogP) is 7.47. The van der Waals surface area contributed by atoms with Crippen LogP contribution in [0.5, 0.6) is 0 Å². The molecule has 6 rings (SSSR count). The minimum Gasteiger partial charge on any atom is -0.657 e. The van der Waals surface area contributed by atoms with Gasteiger partial charge in [0.2, 0.25) is 5.91 Å². The Bertz CT molecular complexity index is 2400. The van der Waals surface area contributed by atoms with Crippen molar-refractivity contribution in [1.82, 2.24) is 35.6 Å². The van der Waals surface area contributed by atoms with E-state index in [9.17, 15) is 14.4 Å². The third kappa shape index (κ3) is 13.7. The summed E-state index contributed by atoms with van der Waals surface area (Å²) in [5.74, 6) is 0.0477. The largest absolute Gasteiger partial charge is 2.00 e. The number of methoxy groups -OCH3 is 1. The summed E-state index contributed by atoms with van der Waals surface area (Å²) in [5, 5.41) is 25.9. The van der Waals surface area contributed by atoms with E-state index in [0.717, 1.165) is 60.7 Å². The summed E-state index contributed by atoms with van der Waals surface area (Å²) in [4.78, 5) is 64.9. The number of ketones is 1. The molecular formula is C50H68N8O6Pd. The number of ether oxygens (including phenoxy) is 1. The van der Waals surface area contributed by atoms with Crippen LogP contribution in [-0.2, 0) is 36.4 Å². The summed E-state index contributed by atoms with van der Waals surface area (Å²) >= 11 is 0. The van der Waals surface area contributed by atoms with Crippen molar-refractivity contribution in [2.75, 3.05) is 45.7 Å².